The van der Waals surface area contributed by atoms with E-state index in [0.717, 1.165) is 17.7 Å². The van der Waals surface area contributed by atoms with Crippen LogP contribution in [0.1, 0.15) is 73.0 Å². The van der Waals surface area contributed by atoms with Crippen molar-refractivity contribution in [3.8, 4) is 5.75 Å². The molecule has 1 aromatic heterocycles. The van der Waals surface area contributed by atoms with Crippen LogP contribution in [0.15, 0.2) is 53.3 Å². The first kappa shape index (κ1) is 27.1. The van der Waals surface area contributed by atoms with Crippen LogP contribution in [0.5, 0.6) is 5.75 Å². The molecule has 5 nitrogen and oxygen atoms in total. The third kappa shape index (κ3) is 5.83. The van der Waals surface area contributed by atoms with Crippen LogP contribution in [0.2, 0.25) is 0 Å². The highest BCUT2D eigenvalue weighted by Crippen LogP contribution is 2.36. The Kier molecular flexibility index (Phi) is 7.71. The van der Waals surface area contributed by atoms with Crippen molar-refractivity contribution in [2.45, 2.75) is 51.6 Å². The van der Waals surface area contributed by atoms with Gasteiger partial charge >= 0.3 is 6.18 Å². The first-order chi connectivity index (χ1) is 16.7. The van der Waals surface area contributed by atoms with Crippen LogP contribution in [0.25, 0.3) is 0 Å². The molecule has 0 aliphatic heterocycles. The molecule has 0 radical (unpaired) electrons. The minimum Gasteiger partial charge on any atom is -0.497 e. The summed E-state index contributed by atoms with van der Waals surface area (Å²) < 4.78 is 58.3. The van der Waals surface area contributed by atoms with Gasteiger partial charge in [0.05, 0.1) is 12.7 Å². The zero-order valence-corrected chi connectivity index (χ0v) is 20.7. The van der Waals surface area contributed by atoms with Gasteiger partial charge in [0.15, 0.2) is 5.78 Å². The molecule has 36 heavy (non-hydrogen) atoms. The Labute approximate surface area is 206 Å². The van der Waals surface area contributed by atoms with E-state index in [1.807, 2.05) is 26.0 Å². The summed E-state index contributed by atoms with van der Waals surface area (Å²) in [7, 11) is 1.55. The molecule has 2 aromatic carbocycles. The molecule has 1 heterocycles. The van der Waals surface area contributed by atoms with E-state index >= 15 is 0 Å². The fraction of sp³-hybridized carbons (Fsp3) is 0.370. The Morgan fingerprint density at radius 1 is 1.06 bits per heavy atom. The summed E-state index contributed by atoms with van der Waals surface area (Å²) in [5, 5.41) is 0. The highest BCUT2D eigenvalue weighted by atomic mass is 19.4. The predicted octanol–water partition coefficient (Wildman–Crippen LogP) is 6.27. The number of ketones is 1. The van der Waals surface area contributed by atoms with Crippen LogP contribution in [0.3, 0.4) is 0 Å². The van der Waals surface area contributed by atoms with Gasteiger partial charge in [-0.1, -0.05) is 32.0 Å². The van der Waals surface area contributed by atoms with E-state index < -0.39 is 40.2 Å². The number of hydrogen-bond acceptors (Lipinski definition) is 4. The first-order valence-corrected chi connectivity index (χ1v) is 11.4. The Hall–Kier alpha value is -3.49. The highest BCUT2D eigenvalue weighted by molar-refractivity contribution is 5.94. The summed E-state index contributed by atoms with van der Waals surface area (Å²) in [6.07, 6.45) is -4.96. The maximum Gasteiger partial charge on any atom is 0.419 e. The van der Waals surface area contributed by atoms with Crippen LogP contribution in [0.4, 0.5) is 17.6 Å². The Morgan fingerprint density at radius 2 is 1.69 bits per heavy atom. The van der Waals surface area contributed by atoms with Crippen molar-refractivity contribution in [3.63, 3.8) is 0 Å². The molecule has 3 rings (SSSR count). The van der Waals surface area contributed by atoms with Gasteiger partial charge in [0.25, 0.3) is 5.56 Å². The fourth-order valence-corrected chi connectivity index (χ4v) is 4.08. The molecular weight excluding hydrogens is 476 g/mol. The van der Waals surface area contributed by atoms with E-state index in [1.54, 1.807) is 33.1 Å². The molecular formula is C27H28F4N2O3. The average Bonchev–Trinajstić information content (AvgIpc) is 2.80. The maximum atomic E-state index is 14.2. The lowest BCUT2D eigenvalue weighted by atomic mass is 9.82. The third-order valence-corrected chi connectivity index (χ3v) is 6.37. The molecule has 0 fully saturated rings. The van der Waals surface area contributed by atoms with Gasteiger partial charge in [-0.3, -0.25) is 9.59 Å². The Morgan fingerprint density at radius 3 is 2.22 bits per heavy atom. The second-order valence-corrected chi connectivity index (χ2v) is 9.55. The number of nitrogens with one attached hydrogen (secondary N) is 1. The van der Waals surface area contributed by atoms with Crippen molar-refractivity contribution in [2.24, 2.45) is 5.92 Å². The highest BCUT2D eigenvalue weighted by Gasteiger charge is 2.35. The molecule has 0 spiro atoms. The van der Waals surface area contributed by atoms with E-state index in [-0.39, 0.29) is 29.4 Å². The topological polar surface area (TPSA) is 72.0 Å². The van der Waals surface area contributed by atoms with E-state index in [4.69, 9.17) is 4.74 Å². The number of halogens is 4. The number of carbonyl (C=O) groups excluding carboxylic acids is 1. The molecule has 3 aromatic rings. The van der Waals surface area contributed by atoms with Gasteiger partial charge < -0.3 is 9.72 Å². The summed E-state index contributed by atoms with van der Waals surface area (Å²) in [6, 6.07) is 11.0. The number of rotatable bonds is 8. The zero-order chi connectivity index (χ0) is 26.8. The Bertz CT molecular complexity index is 1300. The second kappa shape index (κ2) is 10.2. The van der Waals surface area contributed by atoms with E-state index in [2.05, 4.69) is 9.97 Å². The normalized spacial score (nSPS) is 13.1. The minimum absolute atomic E-state index is 0.0617. The van der Waals surface area contributed by atoms with Crippen molar-refractivity contribution in [1.29, 1.82) is 0 Å². The summed E-state index contributed by atoms with van der Waals surface area (Å²) >= 11 is 0. The molecule has 0 saturated heterocycles. The van der Waals surface area contributed by atoms with Gasteiger partial charge in [0, 0.05) is 17.9 Å². The summed E-state index contributed by atoms with van der Waals surface area (Å²) in [6.45, 7) is 7.28. The quantitative estimate of drug-likeness (QED) is 0.290. The van der Waals surface area contributed by atoms with Crippen molar-refractivity contribution < 1.29 is 27.1 Å². The van der Waals surface area contributed by atoms with E-state index in [0.29, 0.717) is 11.8 Å². The average molecular weight is 505 g/mol. The largest absolute Gasteiger partial charge is 0.497 e. The molecule has 0 aliphatic carbocycles. The van der Waals surface area contributed by atoms with Crippen molar-refractivity contribution in [3.05, 3.63) is 92.9 Å². The molecule has 0 unspecified atom stereocenters. The monoisotopic (exact) mass is 504 g/mol. The SMILES string of the molecule is COc1ccc(C(C)(C)c2nc(C(=O)C[C@@H](c3ccc(C(F)(F)F)c(F)c3)C(C)C)cc(=O)[nH]2)cc1. The Balaban J connectivity index is 1.93. The molecule has 0 bridgehead atoms. The molecule has 0 amide bonds. The number of carbonyl (C=O) groups is 1. The van der Waals surface area contributed by atoms with Gasteiger partial charge in [-0.25, -0.2) is 9.37 Å². The number of methoxy groups -OCH3 is 1. The molecule has 0 saturated carbocycles. The van der Waals surface area contributed by atoms with Crippen molar-refractivity contribution in [1.82, 2.24) is 9.97 Å². The third-order valence-electron chi connectivity index (χ3n) is 6.37. The number of Topliss-reactive ketones (excluding diaryl/α,β-unsaturated/α-hetero) is 1. The number of H-pyrrole nitrogens is 1. The molecule has 0 aliphatic rings. The molecule has 1 atom stereocenters. The van der Waals surface area contributed by atoms with Gasteiger partial charge in [0.1, 0.15) is 23.1 Å². The van der Waals surface area contributed by atoms with Crippen molar-refractivity contribution >= 4 is 5.78 Å². The van der Waals surface area contributed by atoms with Crippen molar-refractivity contribution in [2.75, 3.05) is 7.11 Å². The molecule has 192 valence electrons. The molecule has 9 heteroatoms. The number of alkyl halides is 3. The maximum absolute atomic E-state index is 14.2. The number of aromatic amines is 1. The number of benzene rings is 2. The fourth-order valence-electron chi connectivity index (χ4n) is 4.08. The predicted molar refractivity (Wildman–Crippen MR) is 128 cm³/mol. The van der Waals surface area contributed by atoms with Gasteiger partial charge in [-0.05, 0) is 61.1 Å². The number of hydrogen-bond donors (Lipinski definition) is 1. The van der Waals surface area contributed by atoms with Crippen LogP contribution >= 0.6 is 0 Å². The zero-order valence-electron chi connectivity index (χ0n) is 20.7. The van der Waals surface area contributed by atoms with Gasteiger partial charge in [0.2, 0.25) is 0 Å². The van der Waals surface area contributed by atoms with Gasteiger partial charge in [-0.15, -0.1) is 0 Å². The van der Waals surface area contributed by atoms with Crippen LogP contribution < -0.4 is 10.3 Å². The standard InChI is InChI=1S/C27H28F4N2O3/c1-15(2)19(16-6-11-20(21(28)12-16)27(29,30)31)13-23(34)22-14-24(35)33-25(32-22)26(3,4)17-7-9-18(36-5)10-8-17/h6-12,14-15,19H,13H2,1-5H3,(H,32,33,35)/t19-/m1/s1. The summed E-state index contributed by atoms with van der Waals surface area (Å²) in [5.41, 5.74) is -1.58. The lowest BCUT2D eigenvalue weighted by molar-refractivity contribution is -0.140. The molecule has 1 N–H and O–H groups in total. The van der Waals surface area contributed by atoms with Crippen LogP contribution in [-0.4, -0.2) is 22.9 Å². The summed E-state index contributed by atoms with van der Waals surface area (Å²) in [5.74, 6) is -1.68. The van der Waals surface area contributed by atoms with Crippen LogP contribution in [0, 0.1) is 11.7 Å². The lowest BCUT2D eigenvalue weighted by Gasteiger charge is -2.25. The number of nitrogens with zero attached hydrogens (tertiary/aromatic N) is 1. The number of aromatic nitrogens is 2. The van der Waals surface area contributed by atoms with E-state index in [9.17, 15) is 27.2 Å². The second-order valence-electron chi connectivity index (χ2n) is 9.55. The smallest absolute Gasteiger partial charge is 0.419 e. The van der Waals surface area contributed by atoms with Gasteiger partial charge in [-0.2, -0.15) is 13.2 Å². The van der Waals surface area contributed by atoms with E-state index in [1.165, 1.54) is 6.07 Å². The number of ether oxygens (including phenoxy) is 1. The lowest BCUT2D eigenvalue weighted by Crippen LogP contribution is -2.28. The summed E-state index contributed by atoms with van der Waals surface area (Å²) in [4.78, 5) is 32.8. The first-order valence-electron chi connectivity index (χ1n) is 11.4. The minimum atomic E-state index is -4.81. The van der Waals surface area contributed by atoms with Crippen LogP contribution in [-0.2, 0) is 11.6 Å².